The summed E-state index contributed by atoms with van der Waals surface area (Å²) < 4.78 is 13.0. The van der Waals surface area contributed by atoms with Gasteiger partial charge in [-0.25, -0.2) is 4.68 Å². The lowest BCUT2D eigenvalue weighted by Crippen LogP contribution is -2.43. The summed E-state index contributed by atoms with van der Waals surface area (Å²) in [7, 11) is 1.64. The maximum atomic E-state index is 13.2. The molecule has 9 nitrogen and oxygen atoms in total. The number of benzene rings is 2. The van der Waals surface area contributed by atoms with Crippen LogP contribution in [0.5, 0.6) is 5.75 Å². The molecule has 0 unspecified atom stereocenters. The molecule has 2 aliphatic heterocycles. The SMILES string of the molecule is COc1ccc([C@H]2Cn3nnc(C(=O)N4CCC(C(=O)N[C@@H](C)c5ccccc5)CC4)c3CO2)cc1. The van der Waals surface area contributed by atoms with Gasteiger partial charge in [0.1, 0.15) is 11.9 Å². The third-order valence-corrected chi connectivity index (χ3v) is 7.10. The number of nitrogens with zero attached hydrogens (tertiary/aromatic N) is 4. The van der Waals surface area contributed by atoms with Gasteiger partial charge in [-0.2, -0.15) is 0 Å². The Labute approximate surface area is 210 Å². The lowest BCUT2D eigenvalue weighted by molar-refractivity contribution is -0.127. The predicted octanol–water partition coefficient (Wildman–Crippen LogP) is 3.29. The number of likely N-dealkylation sites (tertiary alicyclic amines) is 1. The fourth-order valence-electron chi connectivity index (χ4n) is 4.85. The summed E-state index contributed by atoms with van der Waals surface area (Å²) in [6.07, 6.45) is 1.08. The molecule has 1 saturated heterocycles. The second-order valence-corrected chi connectivity index (χ2v) is 9.35. The van der Waals surface area contributed by atoms with Gasteiger partial charge in [0, 0.05) is 19.0 Å². The van der Waals surface area contributed by atoms with Crippen LogP contribution in [0.1, 0.15) is 59.2 Å². The molecule has 9 heteroatoms. The van der Waals surface area contributed by atoms with Gasteiger partial charge in [-0.15, -0.1) is 5.10 Å². The first-order chi connectivity index (χ1) is 17.5. The molecule has 5 rings (SSSR count). The highest BCUT2D eigenvalue weighted by Gasteiger charge is 2.33. The summed E-state index contributed by atoms with van der Waals surface area (Å²) in [5.41, 5.74) is 3.13. The van der Waals surface area contributed by atoms with E-state index in [-0.39, 0.29) is 36.5 Å². The largest absolute Gasteiger partial charge is 0.497 e. The Morgan fingerprint density at radius 1 is 1.08 bits per heavy atom. The average Bonchev–Trinajstić information content (AvgIpc) is 3.36. The van der Waals surface area contributed by atoms with Crippen molar-refractivity contribution in [2.75, 3.05) is 20.2 Å². The quantitative estimate of drug-likeness (QED) is 0.571. The molecule has 1 fully saturated rings. The molecule has 2 atom stereocenters. The summed E-state index contributed by atoms with van der Waals surface area (Å²) in [5.74, 6) is 0.565. The first-order valence-electron chi connectivity index (χ1n) is 12.4. The predicted molar refractivity (Wildman–Crippen MR) is 132 cm³/mol. The molecule has 1 N–H and O–H groups in total. The number of methoxy groups -OCH3 is 1. The number of amides is 2. The molecular formula is C27H31N5O4. The van der Waals surface area contributed by atoms with Crippen molar-refractivity contribution >= 4 is 11.8 Å². The van der Waals surface area contributed by atoms with Gasteiger partial charge >= 0.3 is 0 Å². The summed E-state index contributed by atoms with van der Waals surface area (Å²) in [5, 5.41) is 11.5. The Balaban J connectivity index is 1.16. The molecule has 3 aromatic rings. The first-order valence-corrected chi connectivity index (χ1v) is 12.4. The minimum Gasteiger partial charge on any atom is -0.497 e. The minimum atomic E-state index is -0.166. The van der Waals surface area contributed by atoms with Crippen molar-refractivity contribution < 1.29 is 19.1 Å². The lowest BCUT2D eigenvalue weighted by Gasteiger charge is -2.32. The molecule has 0 bridgehead atoms. The van der Waals surface area contributed by atoms with Crippen LogP contribution in [0.4, 0.5) is 0 Å². The monoisotopic (exact) mass is 489 g/mol. The maximum absolute atomic E-state index is 13.2. The molecule has 2 amide bonds. The Morgan fingerprint density at radius 2 is 1.81 bits per heavy atom. The second-order valence-electron chi connectivity index (χ2n) is 9.35. The van der Waals surface area contributed by atoms with Gasteiger partial charge in [-0.05, 0) is 43.0 Å². The number of nitrogens with one attached hydrogen (secondary N) is 1. The van der Waals surface area contributed by atoms with Gasteiger partial charge in [0.25, 0.3) is 5.91 Å². The van der Waals surface area contributed by atoms with Crippen molar-refractivity contribution in [2.45, 2.75) is 45.1 Å². The standard InChI is InChI=1S/C27H31N5O4/c1-18(19-6-4-3-5-7-19)28-26(33)21-12-14-31(15-13-21)27(34)25-23-17-36-24(16-32(23)30-29-25)20-8-10-22(35-2)11-9-20/h3-11,18,21,24H,12-17H2,1-2H3,(H,28,33)/t18-,24+/m0/s1. The fourth-order valence-corrected chi connectivity index (χ4v) is 4.85. The van der Waals surface area contributed by atoms with Gasteiger partial charge in [-0.3, -0.25) is 9.59 Å². The third-order valence-electron chi connectivity index (χ3n) is 7.10. The minimum absolute atomic E-state index is 0.0393. The van der Waals surface area contributed by atoms with Gasteiger partial charge in [0.2, 0.25) is 5.91 Å². The van der Waals surface area contributed by atoms with E-state index in [0.29, 0.717) is 43.9 Å². The zero-order valence-corrected chi connectivity index (χ0v) is 20.6. The van der Waals surface area contributed by atoms with Crippen molar-refractivity contribution in [3.63, 3.8) is 0 Å². The smallest absolute Gasteiger partial charge is 0.276 e. The van der Waals surface area contributed by atoms with Crippen LogP contribution in [0.2, 0.25) is 0 Å². The van der Waals surface area contributed by atoms with Crippen LogP contribution in [0.25, 0.3) is 0 Å². The molecule has 36 heavy (non-hydrogen) atoms. The van der Waals surface area contributed by atoms with E-state index in [0.717, 1.165) is 16.9 Å². The Morgan fingerprint density at radius 3 is 2.50 bits per heavy atom. The summed E-state index contributed by atoms with van der Waals surface area (Å²) in [6, 6.07) is 17.6. The molecule has 2 aromatic carbocycles. The molecule has 188 valence electrons. The van der Waals surface area contributed by atoms with Crippen molar-refractivity contribution in [1.29, 1.82) is 0 Å². The van der Waals surface area contributed by atoms with Crippen LogP contribution in [0, 0.1) is 5.92 Å². The van der Waals surface area contributed by atoms with Gasteiger partial charge < -0.3 is 19.7 Å². The number of aromatic nitrogens is 3. The van der Waals surface area contributed by atoms with Gasteiger partial charge in [0.05, 0.1) is 32.0 Å². The van der Waals surface area contributed by atoms with Crippen LogP contribution in [-0.4, -0.2) is 51.9 Å². The number of piperidine rings is 1. The first kappa shape index (κ1) is 24.0. The molecule has 3 heterocycles. The molecule has 0 saturated carbocycles. The number of ether oxygens (including phenoxy) is 2. The highest BCUT2D eigenvalue weighted by molar-refractivity contribution is 5.93. The van der Waals surface area contributed by atoms with Gasteiger partial charge in [0.15, 0.2) is 5.69 Å². The van der Waals surface area contributed by atoms with Crippen LogP contribution in [-0.2, 0) is 22.7 Å². The summed E-state index contributed by atoms with van der Waals surface area (Å²) in [6.45, 7) is 3.77. The number of rotatable bonds is 6. The Hall–Kier alpha value is -3.72. The summed E-state index contributed by atoms with van der Waals surface area (Å²) in [4.78, 5) is 27.8. The van der Waals surface area contributed by atoms with E-state index in [9.17, 15) is 9.59 Å². The van der Waals surface area contributed by atoms with E-state index in [2.05, 4.69) is 15.6 Å². The van der Waals surface area contributed by atoms with Gasteiger partial charge in [-0.1, -0.05) is 47.7 Å². The highest BCUT2D eigenvalue weighted by atomic mass is 16.5. The van der Waals surface area contributed by atoms with Crippen molar-refractivity contribution in [2.24, 2.45) is 5.92 Å². The van der Waals surface area contributed by atoms with E-state index >= 15 is 0 Å². The summed E-state index contributed by atoms with van der Waals surface area (Å²) >= 11 is 0. The number of hydrogen-bond acceptors (Lipinski definition) is 6. The number of hydrogen-bond donors (Lipinski definition) is 1. The average molecular weight is 490 g/mol. The molecular weight excluding hydrogens is 458 g/mol. The normalized spacial score (nSPS) is 18.8. The topological polar surface area (TPSA) is 98.6 Å². The number of fused-ring (bicyclic) bond motifs is 1. The maximum Gasteiger partial charge on any atom is 0.276 e. The van der Waals surface area contributed by atoms with Crippen LogP contribution in [0.15, 0.2) is 54.6 Å². The van der Waals surface area contributed by atoms with E-state index < -0.39 is 0 Å². The van der Waals surface area contributed by atoms with Crippen LogP contribution in [0.3, 0.4) is 0 Å². The van der Waals surface area contributed by atoms with E-state index in [1.165, 1.54) is 0 Å². The van der Waals surface area contributed by atoms with E-state index in [4.69, 9.17) is 9.47 Å². The molecule has 0 aliphatic carbocycles. The van der Waals surface area contributed by atoms with Crippen molar-refractivity contribution in [3.8, 4) is 5.75 Å². The van der Waals surface area contributed by atoms with Crippen LogP contribution >= 0.6 is 0 Å². The Bertz CT molecular complexity index is 1200. The van der Waals surface area contributed by atoms with E-state index in [1.54, 1.807) is 16.7 Å². The molecule has 0 spiro atoms. The van der Waals surface area contributed by atoms with E-state index in [1.807, 2.05) is 61.5 Å². The number of carbonyl (C=O) groups is 2. The highest BCUT2D eigenvalue weighted by Crippen LogP contribution is 2.29. The molecule has 0 radical (unpaired) electrons. The van der Waals surface area contributed by atoms with Crippen molar-refractivity contribution in [3.05, 3.63) is 77.1 Å². The van der Waals surface area contributed by atoms with Crippen LogP contribution < -0.4 is 10.1 Å². The third kappa shape index (κ3) is 4.97. The zero-order valence-electron chi connectivity index (χ0n) is 20.6. The molecule has 1 aromatic heterocycles. The Kier molecular flexibility index (Phi) is 6.99. The number of carbonyl (C=O) groups excluding carboxylic acids is 2. The molecule has 2 aliphatic rings. The van der Waals surface area contributed by atoms with Crippen molar-refractivity contribution in [1.82, 2.24) is 25.2 Å². The second kappa shape index (κ2) is 10.5. The lowest BCUT2D eigenvalue weighted by atomic mass is 9.95. The fraction of sp³-hybridized carbons (Fsp3) is 0.407. The zero-order chi connectivity index (χ0) is 25.1.